The van der Waals surface area contributed by atoms with Gasteiger partial charge in [-0.15, -0.1) is 0 Å². The standard InChI is InChI=1S/C20H21ClFN3O7/c1-9-15(31-10(2)26)16(32-11(3)27)18(30-9)25-8-14(22)20(23,24-19(25)29)17(28)12-4-6-13(21)7-5-12/h4-9,15-16,18H,23H2,1-3H3,(H,24,29)/t9-,15-,16-,18-,20?/m1/s1. The molecule has 10 nitrogen and oxygen atoms in total. The van der Waals surface area contributed by atoms with Gasteiger partial charge in [0.2, 0.25) is 11.4 Å². The van der Waals surface area contributed by atoms with E-state index in [4.69, 9.17) is 31.5 Å². The SMILES string of the molecule is CC(=O)O[C@@H]1[C@H](OC(C)=O)[C@@H](C)O[C@H]1N1C=C(F)C(N)(C(=O)c2ccc(Cl)cc2)NC1=O. The molecule has 3 rings (SSSR count). The molecule has 2 amide bonds. The minimum Gasteiger partial charge on any atom is -0.456 e. The van der Waals surface area contributed by atoms with Crippen molar-refractivity contribution in [3.05, 3.63) is 46.9 Å². The Kier molecular flexibility index (Phi) is 6.54. The fourth-order valence-electron chi connectivity index (χ4n) is 3.46. The van der Waals surface area contributed by atoms with Crippen molar-refractivity contribution in [2.45, 2.75) is 51.0 Å². The van der Waals surface area contributed by atoms with E-state index >= 15 is 4.39 Å². The van der Waals surface area contributed by atoms with Gasteiger partial charge in [0.15, 0.2) is 24.3 Å². The summed E-state index contributed by atoms with van der Waals surface area (Å²) in [6, 6.07) is 4.53. The van der Waals surface area contributed by atoms with Crippen LogP contribution in [0.15, 0.2) is 36.3 Å². The summed E-state index contributed by atoms with van der Waals surface area (Å²) >= 11 is 5.80. The molecule has 32 heavy (non-hydrogen) atoms. The summed E-state index contributed by atoms with van der Waals surface area (Å²) in [6.45, 7) is 3.81. The Labute approximate surface area is 187 Å². The molecule has 1 unspecified atom stereocenters. The topological polar surface area (TPSA) is 137 Å². The van der Waals surface area contributed by atoms with E-state index in [2.05, 4.69) is 5.32 Å². The van der Waals surface area contributed by atoms with Crippen LogP contribution in [0.2, 0.25) is 5.02 Å². The van der Waals surface area contributed by atoms with Crippen LogP contribution in [-0.2, 0) is 23.8 Å². The number of urea groups is 1. The van der Waals surface area contributed by atoms with Crippen LogP contribution < -0.4 is 11.1 Å². The summed E-state index contributed by atoms with van der Waals surface area (Å²) in [5.74, 6) is -3.50. The van der Waals surface area contributed by atoms with Crippen molar-refractivity contribution in [3.8, 4) is 0 Å². The van der Waals surface area contributed by atoms with Gasteiger partial charge in [0.05, 0.1) is 6.10 Å². The second-order valence-corrected chi connectivity index (χ2v) is 7.77. The third kappa shape index (κ3) is 4.45. The Morgan fingerprint density at radius 2 is 1.72 bits per heavy atom. The first-order valence-electron chi connectivity index (χ1n) is 9.51. The quantitative estimate of drug-likeness (QED) is 0.490. The third-order valence-corrected chi connectivity index (χ3v) is 5.18. The Balaban J connectivity index is 1.92. The molecule has 1 saturated heterocycles. The minimum atomic E-state index is -2.47. The highest BCUT2D eigenvalue weighted by molar-refractivity contribution is 6.30. The number of rotatable bonds is 5. The van der Waals surface area contributed by atoms with Gasteiger partial charge in [-0.2, -0.15) is 0 Å². The van der Waals surface area contributed by atoms with Crippen LogP contribution in [0.1, 0.15) is 31.1 Å². The van der Waals surface area contributed by atoms with Crippen LogP contribution in [0.25, 0.3) is 0 Å². The number of amides is 2. The van der Waals surface area contributed by atoms with E-state index in [1.165, 1.54) is 31.2 Å². The van der Waals surface area contributed by atoms with E-state index < -0.39 is 59.8 Å². The second-order valence-electron chi connectivity index (χ2n) is 7.34. The first kappa shape index (κ1) is 23.6. The number of Topliss-reactive ketones (excluding diaryl/α,β-unsaturated/α-hetero) is 1. The molecule has 0 bridgehead atoms. The molecule has 12 heteroatoms. The van der Waals surface area contributed by atoms with Crippen LogP contribution in [0.4, 0.5) is 9.18 Å². The molecule has 0 spiro atoms. The van der Waals surface area contributed by atoms with Gasteiger partial charge in [0.25, 0.3) is 0 Å². The second kappa shape index (κ2) is 8.85. The number of nitrogens with zero attached hydrogens (tertiary/aromatic N) is 1. The first-order chi connectivity index (χ1) is 14.9. The van der Waals surface area contributed by atoms with E-state index in [1.54, 1.807) is 0 Å². The monoisotopic (exact) mass is 469 g/mol. The number of nitrogens with one attached hydrogen (secondary N) is 1. The number of carbonyl (C=O) groups excluding carboxylic acids is 4. The average molecular weight is 470 g/mol. The molecular formula is C20H21ClFN3O7. The molecular weight excluding hydrogens is 449 g/mol. The zero-order valence-corrected chi connectivity index (χ0v) is 18.1. The normalized spacial score (nSPS) is 29.8. The van der Waals surface area contributed by atoms with Gasteiger partial charge >= 0.3 is 18.0 Å². The number of hydrogen-bond donors (Lipinski definition) is 2. The van der Waals surface area contributed by atoms with Crippen molar-refractivity contribution in [1.29, 1.82) is 0 Å². The predicted molar refractivity (Wildman–Crippen MR) is 108 cm³/mol. The van der Waals surface area contributed by atoms with Crippen molar-refractivity contribution in [1.82, 2.24) is 10.2 Å². The maximum Gasteiger partial charge on any atom is 0.325 e. The molecule has 3 N–H and O–H groups in total. The summed E-state index contributed by atoms with van der Waals surface area (Å²) in [6.07, 6.45) is -3.75. The molecule has 1 aromatic rings. The molecule has 0 saturated carbocycles. The lowest BCUT2D eigenvalue weighted by Crippen LogP contribution is -2.68. The highest BCUT2D eigenvalue weighted by atomic mass is 35.5. The van der Waals surface area contributed by atoms with Gasteiger partial charge in [-0.05, 0) is 31.2 Å². The van der Waals surface area contributed by atoms with Crippen molar-refractivity contribution in [2.75, 3.05) is 0 Å². The van der Waals surface area contributed by atoms with E-state index in [1.807, 2.05) is 0 Å². The van der Waals surface area contributed by atoms with E-state index in [0.717, 1.165) is 18.7 Å². The number of hydrogen-bond acceptors (Lipinski definition) is 8. The van der Waals surface area contributed by atoms with Crippen LogP contribution >= 0.6 is 11.6 Å². The lowest BCUT2D eigenvalue weighted by molar-refractivity contribution is -0.165. The Hall–Kier alpha value is -3.02. The summed E-state index contributed by atoms with van der Waals surface area (Å²) in [7, 11) is 0. The van der Waals surface area contributed by atoms with Gasteiger partial charge < -0.3 is 19.5 Å². The lowest BCUT2D eigenvalue weighted by Gasteiger charge is -2.38. The van der Waals surface area contributed by atoms with Gasteiger partial charge in [-0.3, -0.25) is 25.0 Å². The highest BCUT2D eigenvalue weighted by Crippen LogP contribution is 2.33. The predicted octanol–water partition coefficient (Wildman–Crippen LogP) is 1.62. The van der Waals surface area contributed by atoms with Crippen LogP contribution in [0.3, 0.4) is 0 Å². The fourth-order valence-corrected chi connectivity index (χ4v) is 3.58. The molecule has 2 aliphatic heterocycles. The maximum absolute atomic E-state index is 15.1. The molecule has 0 aromatic heterocycles. The number of esters is 2. The Morgan fingerprint density at radius 3 is 2.28 bits per heavy atom. The number of benzene rings is 1. The molecule has 2 heterocycles. The van der Waals surface area contributed by atoms with E-state index in [9.17, 15) is 19.2 Å². The molecule has 2 aliphatic rings. The molecule has 0 aliphatic carbocycles. The summed E-state index contributed by atoms with van der Waals surface area (Å²) in [5.41, 5.74) is 3.47. The third-order valence-electron chi connectivity index (χ3n) is 4.93. The van der Waals surface area contributed by atoms with Gasteiger partial charge in [0, 0.05) is 30.6 Å². The van der Waals surface area contributed by atoms with Gasteiger partial charge in [-0.25, -0.2) is 9.18 Å². The van der Waals surface area contributed by atoms with Crippen molar-refractivity contribution in [2.24, 2.45) is 5.73 Å². The smallest absolute Gasteiger partial charge is 0.325 e. The van der Waals surface area contributed by atoms with Crippen molar-refractivity contribution >= 4 is 35.4 Å². The lowest BCUT2D eigenvalue weighted by atomic mass is 9.96. The largest absolute Gasteiger partial charge is 0.456 e. The Bertz CT molecular complexity index is 986. The fraction of sp³-hybridized carbons (Fsp3) is 0.400. The van der Waals surface area contributed by atoms with Crippen LogP contribution in [-0.4, -0.2) is 58.9 Å². The molecule has 172 valence electrons. The summed E-state index contributed by atoms with van der Waals surface area (Å²) in [5, 5.41) is 2.49. The van der Waals surface area contributed by atoms with E-state index in [0.29, 0.717) is 11.2 Å². The molecule has 0 radical (unpaired) electrons. The number of nitrogens with two attached hydrogens (primary N) is 1. The van der Waals surface area contributed by atoms with Gasteiger partial charge in [0.1, 0.15) is 0 Å². The molecule has 5 atom stereocenters. The van der Waals surface area contributed by atoms with Gasteiger partial charge in [-0.1, -0.05) is 11.6 Å². The minimum absolute atomic E-state index is 0.0210. The van der Waals surface area contributed by atoms with Crippen LogP contribution in [0, 0.1) is 0 Å². The van der Waals surface area contributed by atoms with Crippen molar-refractivity contribution in [3.63, 3.8) is 0 Å². The van der Waals surface area contributed by atoms with Crippen molar-refractivity contribution < 1.29 is 37.8 Å². The number of ketones is 1. The Morgan fingerprint density at radius 1 is 1.16 bits per heavy atom. The number of halogens is 2. The molecule has 1 aromatic carbocycles. The number of ether oxygens (including phenoxy) is 3. The highest BCUT2D eigenvalue weighted by Gasteiger charge is 2.54. The maximum atomic E-state index is 15.1. The summed E-state index contributed by atoms with van der Waals surface area (Å²) < 4.78 is 31.1. The zero-order chi connectivity index (χ0) is 23.8. The average Bonchev–Trinajstić information content (AvgIpc) is 2.99. The van der Waals surface area contributed by atoms with Crippen LogP contribution in [0.5, 0.6) is 0 Å². The first-order valence-corrected chi connectivity index (χ1v) is 9.89. The number of carbonyl (C=O) groups is 4. The van der Waals surface area contributed by atoms with E-state index in [-0.39, 0.29) is 5.56 Å². The summed E-state index contributed by atoms with van der Waals surface area (Å²) in [4.78, 5) is 49.4. The zero-order valence-electron chi connectivity index (χ0n) is 17.3. The molecule has 1 fully saturated rings.